The van der Waals surface area contributed by atoms with Crippen molar-refractivity contribution in [2.45, 2.75) is 4.90 Å². The van der Waals surface area contributed by atoms with Crippen molar-refractivity contribution in [2.24, 2.45) is 0 Å². The lowest BCUT2D eigenvalue weighted by Crippen LogP contribution is -2.41. The summed E-state index contributed by atoms with van der Waals surface area (Å²) in [6, 6.07) is 8.49. The Morgan fingerprint density at radius 1 is 1.04 bits per heavy atom. The molecule has 2 N–H and O–H groups in total. The first-order chi connectivity index (χ1) is 11.8. The molecule has 7 nitrogen and oxygen atoms in total. The number of amides is 1. The first-order valence-electron chi connectivity index (χ1n) is 6.77. The highest BCUT2D eigenvalue weighted by atomic mass is 35.5. The van der Waals surface area contributed by atoms with Crippen LogP contribution < -0.4 is 19.7 Å². The van der Waals surface area contributed by atoms with E-state index in [1.165, 1.54) is 44.6 Å². The van der Waals surface area contributed by atoms with Gasteiger partial charge >= 0.3 is 0 Å². The molecule has 134 valence electrons. The summed E-state index contributed by atoms with van der Waals surface area (Å²) < 4.78 is 34.9. The molecule has 25 heavy (non-hydrogen) atoms. The van der Waals surface area contributed by atoms with E-state index in [9.17, 15) is 13.2 Å². The average Bonchev–Trinajstić information content (AvgIpc) is 2.61. The van der Waals surface area contributed by atoms with Gasteiger partial charge < -0.3 is 9.47 Å². The second-order valence-electron chi connectivity index (χ2n) is 4.70. The maximum absolute atomic E-state index is 12.4. The summed E-state index contributed by atoms with van der Waals surface area (Å²) in [7, 11) is -1.40. The number of ether oxygens (including phenoxy) is 2. The molecule has 0 atom stereocenters. The van der Waals surface area contributed by atoms with Crippen molar-refractivity contribution >= 4 is 39.1 Å². The third kappa shape index (κ3) is 4.55. The lowest BCUT2D eigenvalue weighted by molar-refractivity contribution is 0.0945. The molecule has 0 aliphatic rings. The molecular formula is C15H14Cl2N2O5S. The Balaban J connectivity index is 2.25. The maximum atomic E-state index is 12.4. The first-order valence-corrected chi connectivity index (χ1v) is 9.01. The number of hydrogen-bond donors (Lipinski definition) is 2. The van der Waals surface area contributed by atoms with Crippen molar-refractivity contribution in [2.75, 3.05) is 14.2 Å². The third-order valence-corrected chi connectivity index (χ3v) is 4.97. The number of carbonyl (C=O) groups excluding carboxylic acids is 1. The number of halogens is 2. The summed E-state index contributed by atoms with van der Waals surface area (Å²) in [5, 5.41) is 0.409. The van der Waals surface area contributed by atoms with Crippen molar-refractivity contribution in [3.8, 4) is 11.5 Å². The van der Waals surface area contributed by atoms with E-state index in [0.717, 1.165) is 0 Å². The molecule has 0 saturated carbocycles. The smallest absolute Gasteiger partial charge is 0.267 e. The number of hydrazine groups is 1. The van der Waals surface area contributed by atoms with Gasteiger partial charge in [-0.05, 0) is 30.3 Å². The fourth-order valence-electron chi connectivity index (χ4n) is 1.90. The Hall–Kier alpha value is -2.00. The fourth-order valence-corrected chi connectivity index (χ4v) is 3.30. The van der Waals surface area contributed by atoms with Crippen molar-refractivity contribution in [1.29, 1.82) is 0 Å². The molecule has 10 heteroatoms. The largest absolute Gasteiger partial charge is 0.497 e. The van der Waals surface area contributed by atoms with Crippen LogP contribution in [0.15, 0.2) is 41.3 Å². The second-order valence-corrected chi connectivity index (χ2v) is 7.20. The molecule has 2 rings (SSSR count). The molecule has 0 aromatic heterocycles. The van der Waals surface area contributed by atoms with Gasteiger partial charge in [-0.15, -0.1) is 4.83 Å². The number of nitrogens with one attached hydrogen (secondary N) is 2. The Labute approximate surface area is 154 Å². The van der Waals surface area contributed by atoms with E-state index in [0.29, 0.717) is 5.75 Å². The van der Waals surface area contributed by atoms with Gasteiger partial charge in [-0.3, -0.25) is 10.2 Å². The molecule has 2 aromatic rings. The number of benzene rings is 2. The zero-order valence-corrected chi connectivity index (χ0v) is 15.5. The molecule has 1 amide bonds. The highest BCUT2D eigenvalue weighted by Gasteiger charge is 2.22. The van der Waals surface area contributed by atoms with Gasteiger partial charge in [0, 0.05) is 11.1 Å². The second kappa shape index (κ2) is 7.92. The topological polar surface area (TPSA) is 93.7 Å². The van der Waals surface area contributed by atoms with Crippen LogP contribution in [-0.4, -0.2) is 28.5 Å². The Morgan fingerprint density at radius 2 is 1.76 bits per heavy atom. The van der Waals surface area contributed by atoms with Crippen molar-refractivity contribution in [3.05, 3.63) is 52.0 Å². The van der Waals surface area contributed by atoms with Crippen LogP contribution in [0.4, 0.5) is 0 Å². The molecule has 0 bridgehead atoms. The molecule has 0 fully saturated rings. The van der Waals surface area contributed by atoms with Crippen LogP contribution in [-0.2, 0) is 10.0 Å². The number of carbonyl (C=O) groups is 1. The quantitative estimate of drug-likeness (QED) is 0.721. The van der Waals surface area contributed by atoms with E-state index in [1.54, 1.807) is 6.07 Å². The molecule has 2 aromatic carbocycles. The zero-order valence-electron chi connectivity index (χ0n) is 13.2. The predicted molar refractivity (Wildman–Crippen MR) is 93.8 cm³/mol. The summed E-state index contributed by atoms with van der Waals surface area (Å²) in [4.78, 5) is 13.9. The van der Waals surface area contributed by atoms with E-state index < -0.39 is 15.9 Å². The normalized spacial score (nSPS) is 11.0. The molecule has 0 saturated heterocycles. The van der Waals surface area contributed by atoms with Gasteiger partial charge in [-0.25, -0.2) is 8.42 Å². The van der Waals surface area contributed by atoms with Gasteiger partial charge in [0.05, 0.1) is 24.8 Å². The van der Waals surface area contributed by atoms with Gasteiger partial charge in [-0.1, -0.05) is 23.2 Å². The van der Waals surface area contributed by atoms with E-state index in [2.05, 4.69) is 5.43 Å². The van der Waals surface area contributed by atoms with Crippen molar-refractivity contribution < 1.29 is 22.7 Å². The molecule has 0 aliphatic heterocycles. The number of rotatable bonds is 6. The molecule has 0 unspecified atom stereocenters. The van der Waals surface area contributed by atoms with Crippen LogP contribution in [0.3, 0.4) is 0 Å². The fraction of sp³-hybridized carbons (Fsp3) is 0.133. The standard InChI is InChI=1S/C15H14Cl2N2O5S/c1-23-10-4-6-13(24-2)14(8-10)25(21,22)19-18-15(20)11-7-9(16)3-5-12(11)17/h3-8,19H,1-2H3,(H,18,20). The zero-order chi connectivity index (χ0) is 18.6. The molecule has 0 radical (unpaired) electrons. The minimum Gasteiger partial charge on any atom is -0.497 e. The number of hydrogen-bond acceptors (Lipinski definition) is 5. The Bertz CT molecular complexity index is 903. The Morgan fingerprint density at radius 3 is 2.40 bits per heavy atom. The minimum absolute atomic E-state index is 0.0227. The van der Waals surface area contributed by atoms with Crippen LogP contribution >= 0.6 is 23.2 Å². The number of sulfonamides is 1. The maximum Gasteiger partial charge on any atom is 0.267 e. The van der Waals surface area contributed by atoms with Crippen LogP contribution in [0.5, 0.6) is 11.5 Å². The van der Waals surface area contributed by atoms with Crippen LogP contribution in [0.25, 0.3) is 0 Å². The predicted octanol–water partition coefficient (Wildman–Crippen LogP) is 2.63. The van der Waals surface area contributed by atoms with Gasteiger partial charge in [0.15, 0.2) is 0 Å². The van der Waals surface area contributed by atoms with E-state index in [-0.39, 0.29) is 26.3 Å². The van der Waals surface area contributed by atoms with Crippen LogP contribution in [0, 0.1) is 0 Å². The average molecular weight is 405 g/mol. The van der Waals surface area contributed by atoms with E-state index in [4.69, 9.17) is 32.7 Å². The molecule has 0 heterocycles. The van der Waals surface area contributed by atoms with Crippen molar-refractivity contribution in [1.82, 2.24) is 10.3 Å². The van der Waals surface area contributed by atoms with E-state index >= 15 is 0 Å². The summed E-state index contributed by atoms with van der Waals surface area (Å²) in [5.41, 5.74) is 2.10. The number of methoxy groups -OCH3 is 2. The highest BCUT2D eigenvalue weighted by Crippen LogP contribution is 2.28. The lowest BCUT2D eigenvalue weighted by atomic mass is 10.2. The van der Waals surface area contributed by atoms with E-state index in [1.807, 2.05) is 4.83 Å². The minimum atomic E-state index is -4.12. The molecular weight excluding hydrogens is 391 g/mol. The highest BCUT2D eigenvalue weighted by molar-refractivity contribution is 7.89. The lowest BCUT2D eigenvalue weighted by Gasteiger charge is -2.13. The summed E-state index contributed by atoms with van der Waals surface area (Å²) >= 11 is 11.7. The van der Waals surface area contributed by atoms with Crippen LogP contribution in [0.1, 0.15) is 10.4 Å². The van der Waals surface area contributed by atoms with Crippen molar-refractivity contribution in [3.63, 3.8) is 0 Å². The van der Waals surface area contributed by atoms with Gasteiger partial charge in [-0.2, -0.15) is 0 Å². The summed E-state index contributed by atoms with van der Waals surface area (Å²) in [6.45, 7) is 0. The van der Waals surface area contributed by atoms with Gasteiger partial charge in [0.2, 0.25) is 0 Å². The summed E-state index contributed by atoms with van der Waals surface area (Å²) in [5.74, 6) is -0.369. The third-order valence-electron chi connectivity index (χ3n) is 3.13. The van der Waals surface area contributed by atoms with Crippen LogP contribution in [0.2, 0.25) is 10.0 Å². The first kappa shape index (κ1) is 19.3. The van der Waals surface area contributed by atoms with Gasteiger partial charge in [0.1, 0.15) is 16.4 Å². The molecule has 0 spiro atoms. The summed E-state index contributed by atoms with van der Waals surface area (Å²) in [6.07, 6.45) is 0. The Kier molecular flexibility index (Phi) is 6.12. The monoisotopic (exact) mass is 404 g/mol. The molecule has 0 aliphatic carbocycles. The van der Waals surface area contributed by atoms with Gasteiger partial charge in [0.25, 0.3) is 15.9 Å². The SMILES string of the molecule is COc1ccc(OC)c(S(=O)(=O)NNC(=O)c2cc(Cl)ccc2Cl)c1.